The minimum Gasteiger partial charge on any atom is -0.493 e. The predicted octanol–water partition coefficient (Wildman–Crippen LogP) is 2.72. The van der Waals surface area contributed by atoms with E-state index in [0.29, 0.717) is 12.2 Å². The predicted molar refractivity (Wildman–Crippen MR) is 93.8 cm³/mol. The average molecular weight is 339 g/mol. The number of fused-ring (bicyclic) bond motifs is 1. The molecule has 0 spiro atoms. The molecule has 0 saturated heterocycles. The van der Waals surface area contributed by atoms with Crippen molar-refractivity contribution >= 4 is 11.9 Å². The van der Waals surface area contributed by atoms with Crippen LogP contribution in [0.1, 0.15) is 33.9 Å². The molecular formula is C20H21NO4. The first-order chi connectivity index (χ1) is 11.9. The number of carbonyl (C=O) groups is 2. The van der Waals surface area contributed by atoms with Crippen molar-refractivity contribution in [2.45, 2.75) is 32.7 Å². The molecule has 25 heavy (non-hydrogen) atoms. The molecule has 1 unspecified atom stereocenters. The summed E-state index contributed by atoms with van der Waals surface area (Å²) in [5.74, 6) is -0.597. The molecule has 2 aromatic rings. The third kappa shape index (κ3) is 3.82. The number of carbonyl (C=O) groups excluding carboxylic acids is 1. The van der Waals surface area contributed by atoms with Crippen LogP contribution in [0.25, 0.3) is 0 Å². The Morgan fingerprint density at radius 3 is 2.76 bits per heavy atom. The summed E-state index contributed by atoms with van der Waals surface area (Å²) >= 11 is 0. The lowest BCUT2D eigenvalue weighted by Gasteiger charge is -2.16. The molecule has 1 aliphatic heterocycles. The second-order valence-electron chi connectivity index (χ2n) is 6.41. The molecule has 0 fully saturated rings. The number of nitrogens with one attached hydrogen (secondary N) is 1. The molecule has 0 aromatic heterocycles. The molecule has 5 heteroatoms. The lowest BCUT2D eigenvalue weighted by atomic mass is 10.0. The monoisotopic (exact) mass is 339 g/mol. The average Bonchev–Trinajstić information content (AvgIpc) is 3.03. The van der Waals surface area contributed by atoms with E-state index in [0.717, 1.165) is 34.4 Å². The molecule has 1 heterocycles. The van der Waals surface area contributed by atoms with Gasteiger partial charge in [-0.3, -0.25) is 4.79 Å². The van der Waals surface area contributed by atoms with Crippen molar-refractivity contribution in [1.82, 2.24) is 5.32 Å². The molecule has 2 N–H and O–H groups in total. The number of aryl methyl sites for hydroxylation is 2. The van der Waals surface area contributed by atoms with E-state index >= 15 is 0 Å². The Hall–Kier alpha value is -2.82. The Labute approximate surface area is 146 Å². The maximum Gasteiger partial charge on any atom is 0.330 e. The van der Waals surface area contributed by atoms with Crippen LogP contribution >= 0.6 is 0 Å². The fraction of sp³-hybridized carbons (Fsp3) is 0.300. The number of hydrogen-bond acceptors (Lipinski definition) is 3. The van der Waals surface area contributed by atoms with Crippen molar-refractivity contribution in [2.24, 2.45) is 0 Å². The van der Waals surface area contributed by atoms with Crippen LogP contribution in [-0.2, 0) is 22.4 Å². The first kappa shape index (κ1) is 17.0. The summed E-state index contributed by atoms with van der Waals surface area (Å²) in [6.07, 6.45) is 0.914. The quantitative estimate of drug-likeness (QED) is 0.878. The summed E-state index contributed by atoms with van der Waals surface area (Å²) in [4.78, 5) is 24.1. The van der Waals surface area contributed by atoms with E-state index in [2.05, 4.69) is 5.32 Å². The second kappa shape index (κ2) is 6.97. The zero-order chi connectivity index (χ0) is 18.0. The summed E-state index contributed by atoms with van der Waals surface area (Å²) in [6.45, 7) is 4.51. The molecule has 2 aromatic carbocycles. The first-order valence-electron chi connectivity index (χ1n) is 8.28. The molecule has 1 aliphatic rings. The molecule has 130 valence electrons. The second-order valence-corrected chi connectivity index (χ2v) is 6.41. The first-order valence-corrected chi connectivity index (χ1v) is 8.28. The molecule has 0 aliphatic carbocycles. The van der Waals surface area contributed by atoms with Crippen LogP contribution < -0.4 is 10.1 Å². The molecule has 1 atom stereocenters. The topological polar surface area (TPSA) is 75.6 Å². The van der Waals surface area contributed by atoms with Gasteiger partial charge in [-0.15, -0.1) is 0 Å². The van der Waals surface area contributed by atoms with Gasteiger partial charge in [-0.1, -0.05) is 29.8 Å². The third-order valence-electron chi connectivity index (χ3n) is 4.45. The molecule has 5 nitrogen and oxygen atoms in total. The standard InChI is InChI=1S/C20H21NO4/c1-12-3-4-13(2)16(9-12)11-18(22)21-19(20(23)24)15-5-6-17-14(10-15)7-8-25-17/h3-6,9-10,19H,7-8,11H2,1-2H3,(H,21,22)(H,23,24). The van der Waals surface area contributed by atoms with Crippen LogP contribution in [0.15, 0.2) is 36.4 Å². The third-order valence-corrected chi connectivity index (χ3v) is 4.45. The van der Waals surface area contributed by atoms with Crippen molar-refractivity contribution in [3.8, 4) is 5.75 Å². The number of hydrogen-bond donors (Lipinski definition) is 2. The van der Waals surface area contributed by atoms with Gasteiger partial charge in [0.25, 0.3) is 0 Å². The van der Waals surface area contributed by atoms with Gasteiger partial charge in [-0.05, 0) is 48.2 Å². The highest BCUT2D eigenvalue weighted by Gasteiger charge is 2.24. The van der Waals surface area contributed by atoms with Crippen LogP contribution in [0.4, 0.5) is 0 Å². The van der Waals surface area contributed by atoms with Gasteiger partial charge >= 0.3 is 5.97 Å². The van der Waals surface area contributed by atoms with E-state index in [4.69, 9.17) is 4.74 Å². The summed E-state index contributed by atoms with van der Waals surface area (Å²) < 4.78 is 5.44. The molecular weight excluding hydrogens is 318 g/mol. The fourth-order valence-electron chi connectivity index (χ4n) is 3.05. The van der Waals surface area contributed by atoms with E-state index in [1.54, 1.807) is 18.2 Å². The lowest BCUT2D eigenvalue weighted by Crippen LogP contribution is -2.34. The number of benzene rings is 2. The highest BCUT2D eigenvalue weighted by molar-refractivity contribution is 5.86. The number of aliphatic carboxylic acids is 1. The highest BCUT2D eigenvalue weighted by atomic mass is 16.5. The normalized spacial score (nSPS) is 13.7. The zero-order valence-corrected chi connectivity index (χ0v) is 14.3. The zero-order valence-electron chi connectivity index (χ0n) is 14.3. The fourth-order valence-corrected chi connectivity index (χ4v) is 3.05. The Bertz CT molecular complexity index is 828. The van der Waals surface area contributed by atoms with Crippen molar-refractivity contribution < 1.29 is 19.4 Å². The maximum absolute atomic E-state index is 12.4. The van der Waals surface area contributed by atoms with Gasteiger partial charge in [0.15, 0.2) is 6.04 Å². The molecule has 1 amide bonds. The van der Waals surface area contributed by atoms with E-state index in [1.807, 2.05) is 32.0 Å². The van der Waals surface area contributed by atoms with E-state index < -0.39 is 12.0 Å². The van der Waals surface area contributed by atoms with Gasteiger partial charge in [0.2, 0.25) is 5.91 Å². The van der Waals surface area contributed by atoms with Crippen LogP contribution in [0.2, 0.25) is 0 Å². The van der Waals surface area contributed by atoms with Crippen LogP contribution in [0.3, 0.4) is 0 Å². The van der Waals surface area contributed by atoms with Gasteiger partial charge in [0.1, 0.15) is 5.75 Å². The van der Waals surface area contributed by atoms with Gasteiger partial charge in [-0.2, -0.15) is 0 Å². The van der Waals surface area contributed by atoms with Gasteiger partial charge in [-0.25, -0.2) is 4.79 Å². The van der Waals surface area contributed by atoms with Gasteiger partial charge in [0.05, 0.1) is 13.0 Å². The Balaban J connectivity index is 1.77. The SMILES string of the molecule is Cc1ccc(C)c(CC(=O)NC(C(=O)O)c2ccc3c(c2)CCO3)c1. The molecule has 0 saturated carbocycles. The molecule has 0 bridgehead atoms. The van der Waals surface area contributed by atoms with Gasteiger partial charge < -0.3 is 15.2 Å². The minimum atomic E-state index is -1.08. The Morgan fingerprint density at radius 2 is 2.00 bits per heavy atom. The van der Waals surface area contributed by atoms with E-state index in [1.165, 1.54) is 0 Å². The summed E-state index contributed by atoms with van der Waals surface area (Å²) in [6, 6.07) is 10.1. The maximum atomic E-state index is 12.4. The van der Waals surface area contributed by atoms with Crippen molar-refractivity contribution in [2.75, 3.05) is 6.61 Å². The summed E-state index contributed by atoms with van der Waals surface area (Å²) in [7, 11) is 0. The Kier molecular flexibility index (Phi) is 4.74. The molecule has 3 rings (SSSR count). The number of carboxylic acids is 1. The van der Waals surface area contributed by atoms with Crippen LogP contribution in [0.5, 0.6) is 5.75 Å². The lowest BCUT2D eigenvalue weighted by molar-refractivity contribution is -0.141. The smallest absolute Gasteiger partial charge is 0.330 e. The summed E-state index contributed by atoms with van der Waals surface area (Å²) in [5.41, 5.74) is 4.53. The largest absolute Gasteiger partial charge is 0.493 e. The van der Waals surface area contributed by atoms with Crippen molar-refractivity contribution in [3.05, 3.63) is 64.2 Å². The number of rotatable bonds is 5. The minimum absolute atomic E-state index is 0.158. The highest BCUT2D eigenvalue weighted by Crippen LogP contribution is 2.28. The molecule has 0 radical (unpaired) electrons. The van der Waals surface area contributed by atoms with Gasteiger partial charge in [0, 0.05) is 6.42 Å². The van der Waals surface area contributed by atoms with Crippen LogP contribution in [-0.4, -0.2) is 23.6 Å². The number of amides is 1. The summed E-state index contributed by atoms with van der Waals surface area (Å²) in [5, 5.41) is 12.2. The van der Waals surface area contributed by atoms with E-state index in [9.17, 15) is 14.7 Å². The van der Waals surface area contributed by atoms with E-state index in [-0.39, 0.29) is 12.3 Å². The van der Waals surface area contributed by atoms with Crippen LogP contribution in [0, 0.1) is 13.8 Å². The number of ether oxygens (including phenoxy) is 1. The number of carboxylic acid groups (broad SMARTS) is 1. The van der Waals surface area contributed by atoms with Crippen molar-refractivity contribution in [3.63, 3.8) is 0 Å². The Morgan fingerprint density at radius 1 is 1.20 bits per heavy atom. The van der Waals surface area contributed by atoms with Crippen molar-refractivity contribution in [1.29, 1.82) is 0 Å².